The Hall–Kier alpha value is -1.48. The summed E-state index contributed by atoms with van der Waals surface area (Å²) in [6.45, 7) is 9.30. The molecule has 100 valence electrons. The van der Waals surface area contributed by atoms with Gasteiger partial charge in [-0.25, -0.2) is 0 Å². The van der Waals surface area contributed by atoms with E-state index in [0.29, 0.717) is 6.61 Å². The highest BCUT2D eigenvalue weighted by Crippen LogP contribution is 2.26. The molecule has 0 saturated heterocycles. The van der Waals surface area contributed by atoms with Crippen LogP contribution in [-0.4, -0.2) is 26.3 Å². The first kappa shape index (κ1) is 14.6. The lowest BCUT2D eigenvalue weighted by molar-refractivity contribution is 0.218. The lowest BCUT2D eigenvalue weighted by Gasteiger charge is -2.17. The summed E-state index contributed by atoms with van der Waals surface area (Å²) in [5.41, 5.74) is 1.11. The number of hydrogen-bond acceptors (Lipinski definition) is 3. The van der Waals surface area contributed by atoms with Gasteiger partial charge in [-0.2, -0.15) is 0 Å². The molecular weight excluding hydrogens is 226 g/mol. The van der Waals surface area contributed by atoms with Gasteiger partial charge in [0.2, 0.25) is 0 Å². The van der Waals surface area contributed by atoms with Crippen LogP contribution >= 0.6 is 0 Å². The van der Waals surface area contributed by atoms with Crippen molar-refractivity contribution in [2.45, 2.75) is 26.4 Å². The van der Waals surface area contributed by atoms with Crippen molar-refractivity contribution in [3.05, 3.63) is 36.4 Å². The van der Waals surface area contributed by atoms with Crippen LogP contribution < -0.4 is 14.8 Å². The maximum absolute atomic E-state index is 5.91. The fraction of sp³-hybridized carbons (Fsp3) is 0.467. The van der Waals surface area contributed by atoms with Gasteiger partial charge in [0.25, 0.3) is 0 Å². The monoisotopic (exact) mass is 249 g/mol. The van der Waals surface area contributed by atoms with Gasteiger partial charge in [0, 0.05) is 12.1 Å². The molecule has 0 bridgehead atoms. The summed E-state index contributed by atoms with van der Waals surface area (Å²) in [6, 6.07) is 5.93. The zero-order chi connectivity index (χ0) is 13.4. The van der Waals surface area contributed by atoms with Crippen LogP contribution in [0.4, 0.5) is 0 Å². The molecule has 0 heterocycles. The third-order valence-electron chi connectivity index (χ3n) is 2.53. The number of hydrogen-bond donors (Lipinski definition) is 1. The quantitative estimate of drug-likeness (QED) is 0.719. The summed E-state index contributed by atoms with van der Waals surface area (Å²) < 4.78 is 11.4. The SMILES string of the molecule is C=CCc1cc(OCC)ccc1OC(C)CNC. The molecule has 0 spiro atoms. The van der Waals surface area contributed by atoms with Crippen LogP contribution in [0, 0.1) is 0 Å². The summed E-state index contributed by atoms with van der Waals surface area (Å²) in [5.74, 6) is 1.78. The van der Waals surface area contributed by atoms with E-state index < -0.39 is 0 Å². The van der Waals surface area contributed by atoms with Crippen LogP contribution in [0.5, 0.6) is 11.5 Å². The van der Waals surface area contributed by atoms with Crippen LogP contribution in [-0.2, 0) is 6.42 Å². The van der Waals surface area contributed by atoms with Crippen LogP contribution in [0.3, 0.4) is 0 Å². The number of likely N-dealkylation sites (N-methyl/N-ethyl adjacent to an activating group) is 1. The highest BCUT2D eigenvalue weighted by atomic mass is 16.5. The zero-order valence-electron chi connectivity index (χ0n) is 11.5. The van der Waals surface area contributed by atoms with E-state index in [4.69, 9.17) is 9.47 Å². The minimum absolute atomic E-state index is 0.136. The molecule has 0 aliphatic carbocycles. The molecule has 0 radical (unpaired) electrons. The molecule has 1 N–H and O–H groups in total. The van der Waals surface area contributed by atoms with Crippen LogP contribution in [0.1, 0.15) is 19.4 Å². The summed E-state index contributed by atoms with van der Waals surface area (Å²) in [6.07, 6.45) is 2.79. The van der Waals surface area contributed by atoms with Crippen molar-refractivity contribution in [1.29, 1.82) is 0 Å². The van der Waals surface area contributed by atoms with E-state index in [9.17, 15) is 0 Å². The molecule has 0 saturated carbocycles. The fourth-order valence-electron chi connectivity index (χ4n) is 1.79. The fourth-order valence-corrected chi connectivity index (χ4v) is 1.79. The van der Waals surface area contributed by atoms with Crippen LogP contribution in [0.2, 0.25) is 0 Å². The van der Waals surface area contributed by atoms with E-state index >= 15 is 0 Å². The molecule has 1 rings (SSSR count). The predicted octanol–water partition coefficient (Wildman–Crippen LogP) is 2.80. The minimum Gasteiger partial charge on any atom is -0.494 e. The van der Waals surface area contributed by atoms with Gasteiger partial charge < -0.3 is 14.8 Å². The second-order valence-electron chi connectivity index (χ2n) is 4.18. The first-order valence-electron chi connectivity index (χ1n) is 6.39. The second kappa shape index (κ2) is 7.77. The number of allylic oxidation sites excluding steroid dienone is 1. The molecule has 0 aromatic heterocycles. The van der Waals surface area contributed by atoms with Gasteiger partial charge in [-0.05, 0) is 45.5 Å². The highest BCUT2D eigenvalue weighted by Gasteiger charge is 2.08. The van der Waals surface area contributed by atoms with Crippen molar-refractivity contribution in [3.63, 3.8) is 0 Å². The summed E-state index contributed by atoms with van der Waals surface area (Å²) in [5, 5.41) is 3.10. The standard InChI is InChI=1S/C15H23NO2/c1-5-7-13-10-14(17-6-2)8-9-15(13)18-12(3)11-16-4/h5,8-10,12,16H,1,6-7,11H2,2-4H3. The van der Waals surface area contributed by atoms with Crippen molar-refractivity contribution in [1.82, 2.24) is 5.32 Å². The van der Waals surface area contributed by atoms with Crippen molar-refractivity contribution >= 4 is 0 Å². The maximum atomic E-state index is 5.91. The number of ether oxygens (including phenoxy) is 2. The molecule has 18 heavy (non-hydrogen) atoms. The van der Waals surface area contributed by atoms with Gasteiger partial charge in [0.1, 0.15) is 17.6 Å². The van der Waals surface area contributed by atoms with Crippen molar-refractivity contribution < 1.29 is 9.47 Å². The number of rotatable bonds is 8. The lowest BCUT2D eigenvalue weighted by atomic mass is 10.1. The predicted molar refractivity (Wildman–Crippen MR) is 75.5 cm³/mol. The Morgan fingerprint density at radius 3 is 2.83 bits per heavy atom. The first-order valence-corrected chi connectivity index (χ1v) is 6.39. The normalized spacial score (nSPS) is 11.9. The van der Waals surface area contributed by atoms with E-state index in [2.05, 4.69) is 11.9 Å². The third kappa shape index (κ3) is 4.41. The Kier molecular flexibility index (Phi) is 6.29. The summed E-state index contributed by atoms with van der Waals surface area (Å²) in [4.78, 5) is 0. The average Bonchev–Trinajstić information content (AvgIpc) is 2.33. The number of nitrogens with one attached hydrogen (secondary N) is 1. The topological polar surface area (TPSA) is 30.5 Å². The average molecular weight is 249 g/mol. The van der Waals surface area contributed by atoms with Gasteiger partial charge >= 0.3 is 0 Å². The third-order valence-corrected chi connectivity index (χ3v) is 2.53. The van der Waals surface area contributed by atoms with Gasteiger partial charge in [-0.1, -0.05) is 6.08 Å². The molecule has 3 nitrogen and oxygen atoms in total. The van der Waals surface area contributed by atoms with Gasteiger partial charge in [-0.3, -0.25) is 0 Å². The smallest absolute Gasteiger partial charge is 0.123 e. The first-order chi connectivity index (χ1) is 8.71. The Balaban J connectivity index is 2.84. The minimum atomic E-state index is 0.136. The van der Waals surface area contributed by atoms with E-state index in [1.807, 2.05) is 45.2 Å². The summed E-state index contributed by atoms with van der Waals surface area (Å²) in [7, 11) is 1.92. The van der Waals surface area contributed by atoms with E-state index in [0.717, 1.165) is 30.0 Å². The summed E-state index contributed by atoms with van der Waals surface area (Å²) >= 11 is 0. The van der Waals surface area contributed by atoms with E-state index in [-0.39, 0.29) is 6.10 Å². The van der Waals surface area contributed by atoms with Crippen LogP contribution in [0.15, 0.2) is 30.9 Å². The molecule has 0 aliphatic heterocycles. The van der Waals surface area contributed by atoms with E-state index in [1.54, 1.807) is 0 Å². The van der Waals surface area contributed by atoms with Crippen LogP contribution in [0.25, 0.3) is 0 Å². The molecular formula is C15H23NO2. The molecule has 1 aromatic carbocycles. The van der Waals surface area contributed by atoms with Gasteiger partial charge in [0.15, 0.2) is 0 Å². The number of benzene rings is 1. The maximum Gasteiger partial charge on any atom is 0.123 e. The largest absolute Gasteiger partial charge is 0.494 e. The molecule has 1 unspecified atom stereocenters. The van der Waals surface area contributed by atoms with E-state index in [1.165, 1.54) is 0 Å². The molecule has 0 amide bonds. The molecule has 0 aliphatic rings. The van der Waals surface area contributed by atoms with Gasteiger partial charge in [-0.15, -0.1) is 6.58 Å². The van der Waals surface area contributed by atoms with Gasteiger partial charge in [0.05, 0.1) is 6.61 Å². The Morgan fingerprint density at radius 2 is 2.22 bits per heavy atom. The van der Waals surface area contributed by atoms with Crippen molar-refractivity contribution in [3.8, 4) is 11.5 Å². The van der Waals surface area contributed by atoms with Crippen molar-refractivity contribution in [2.24, 2.45) is 0 Å². The Bertz CT molecular complexity index is 377. The Morgan fingerprint density at radius 1 is 1.44 bits per heavy atom. The molecule has 3 heteroatoms. The molecule has 0 fully saturated rings. The highest BCUT2D eigenvalue weighted by molar-refractivity contribution is 5.41. The Labute approximate surface area is 110 Å². The molecule has 1 aromatic rings. The lowest BCUT2D eigenvalue weighted by Crippen LogP contribution is -2.26. The zero-order valence-corrected chi connectivity index (χ0v) is 11.5. The molecule has 1 atom stereocenters. The second-order valence-corrected chi connectivity index (χ2v) is 4.18. The van der Waals surface area contributed by atoms with Crippen molar-refractivity contribution in [2.75, 3.05) is 20.2 Å².